The molecular weight excluding hydrogens is 528 g/mol. The van der Waals surface area contributed by atoms with Crippen molar-refractivity contribution in [3.8, 4) is 0 Å². The molecule has 0 N–H and O–H groups in total. The van der Waals surface area contributed by atoms with Gasteiger partial charge in [-0.05, 0) is 59.4 Å². The molecule has 0 aliphatic carbocycles. The minimum Gasteiger partial charge on any atom is -0.345 e. The third-order valence-electron chi connectivity index (χ3n) is 7.73. The van der Waals surface area contributed by atoms with E-state index in [2.05, 4.69) is 43.0 Å². The average molecular weight is 561 g/mol. The fourth-order valence-corrected chi connectivity index (χ4v) is 7.91. The van der Waals surface area contributed by atoms with Gasteiger partial charge in [0.2, 0.25) is 10.0 Å². The normalized spacial score (nSPS) is 16.6. The molecule has 3 aromatic carbocycles. The number of para-hydroxylation sites is 1. The van der Waals surface area contributed by atoms with Crippen LogP contribution in [0.4, 0.5) is 5.13 Å². The van der Waals surface area contributed by atoms with E-state index in [-0.39, 0.29) is 10.8 Å². The van der Waals surface area contributed by atoms with Gasteiger partial charge in [0, 0.05) is 44.8 Å². The van der Waals surface area contributed by atoms with Crippen molar-refractivity contribution in [1.29, 1.82) is 0 Å². The van der Waals surface area contributed by atoms with Crippen LogP contribution in [-0.2, 0) is 23.0 Å². The molecule has 3 heterocycles. The van der Waals surface area contributed by atoms with Crippen LogP contribution in [-0.4, -0.2) is 61.2 Å². The van der Waals surface area contributed by atoms with Gasteiger partial charge in [-0.3, -0.25) is 4.79 Å². The zero-order valence-electron chi connectivity index (χ0n) is 22.2. The maximum atomic E-state index is 13.3. The summed E-state index contributed by atoms with van der Waals surface area (Å²) in [5.74, 6) is 0.341. The molecule has 4 aromatic rings. The number of fused-ring (bicyclic) bond motifs is 2. The first kappa shape index (κ1) is 26.0. The van der Waals surface area contributed by atoms with Gasteiger partial charge in [0.1, 0.15) is 0 Å². The maximum absolute atomic E-state index is 13.3. The van der Waals surface area contributed by atoms with Crippen LogP contribution in [0, 0.1) is 0 Å². The van der Waals surface area contributed by atoms with Crippen molar-refractivity contribution in [1.82, 2.24) is 14.2 Å². The number of aromatic nitrogens is 1. The van der Waals surface area contributed by atoms with Crippen LogP contribution in [0.1, 0.15) is 46.8 Å². The molecule has 1 saturated heterocycles. The minimum atomic E-state index is -3.63. The van der Waals surface area contributed by atoms with Gasteiger partial charge in [-0.1, -0.05) is 61.6 Å². The Morgan fingerprint density at radius 1 is 0.872 bits per heavy atom. The van der Waals surface area contributed by atoms with Crippen molar-refractivity contribution in [3.05, 3.63) is 89.0 Å². The van der Waals surface area contributed by atoms with Crippen LogP contribution < -0.4 is 4.90 Å². The molecule has 9 heteroatoms. The summed E-state index contributed by atoms with van der Waals surface area (Å²) in [5.41, 5.74) is 5.10. The lowest BCUT2D eigenvalue weighted by Crippen LogP contribution is -2.48. The number of thiazole rings is 1. The predicted molar refractivity (Wildman–Crippen MR) is 156 cm³/mol. The number of nitrogens with zero attached hydrogens (tertiary/aromatic N) is 4. The number of carbonyl (C=O) groups excluding carboxylic acids is 1. The SMILES string of the molecule is CC(C)c1cccc2sc(N3CCN(C(=O)c4ccc(S(=O)(=O)N5CCc6ccccc6C5)cc4)CC3)nc12. The number of sulfonamides is 1. The van der Waals surface area contributed by atoms with Gasteiger partial charge in [-0.2, -0.15) is 4.31 Å². The summed E-state index contributed by atoms with van der Waals surface area (Å²) in [7, 11) is -3.63. The molecule has 202 valence electrons. The number of anilines is 1. The molecule has 6 rings (SSSR count). The van der Waals surface area contributed by atoms with Crippen LogP contribution in [0.3, 0.4) is 0 Å². The second kappa shape index (κ2) is 10.4. The monoisotopic (exact) mass is 560 g/mol. The summed E-state index contributed by atoms with van der Waals surface area (Å²) in [6.07, 6.45) is 0.702. The molecule has 0 radical (unpaired) electrons. The zero-order chi connectivity index (χ0) is 27.1. The van der Waals surface area contributed by atoms with E-state index in [1.165, 1.54) is 20.1 Å². The second-order valence-electron chi connectivity index (χ2n) is 10.5. The van der Waals surface area contributed by atoms with E-state index in [9.17, 15) is 13.2 Å². The summed E-state index contributed by atoms with van der Waals surface area (Å²) in [4.78, 5) is 22.5. The van der Waals surface area contributed by atoms with Gasteiger partial charge in [0.15, 0.2) is 5.13 Å². The van der Waals surface area contributed by atoms with Crippen LogP contribution in [0.5, 0.6) is 0 Å². The van der Waals surface area contributed by atoms with Crippen molar-refractivity contribution in [2.75, 3.05) is 37.6 Å². The fraction of sp³-hybridized carbons (Fsp3) is 0.333. The summed E-state index contributed by atoms with van der Waals surface area (Å²) in [6, 6.07) is 20.7. The number of amides is 1. The lowest BCUT2D eigenvalue weighted by molar-refractivity contribution is 0.0746. The first-order chi connectivity index (χ1) is 18.8. The Hall–Kier alpha value is -3.27. The highest BCUT2D eigenvalue weighted by Gasteiger charge is 2.29. The van der Waals surface area contributed by atoms with Crippen molar-refractivity contribution >= 4 is 42.6 Å². The van der Waals surface area contributed by atoms with Gasteiger partial charge in [0.25, 0.3) is 5.91 Å². The minimum absolute atomic E-state index is 0.0723. The Morgan fingerprint density at radius 2 is 1.59 bits per heavy atom. The van der Waals surface area contributed by atoms with E-state index in [1.54, 1.807) is 35.6 Å². The van der Waals surface area contributed by atoms with Crippen molar-refractivity contribution in [2.45, 2.75) is 37.6 Å². The van der Waals surface area contributed by atoms with Gasteiger partial charge in [-0.15, -0.1) is 0 Å². The standard InChI is InChI=1S/C30H32N4O3S2/c1-21(2)26-8-5-9-27-28(26)31-30(38-27)33-18-16-32(17-19-33)29(35)23-10-12-25(13-11-23)39(36,37)34-15-14-22-6-3-4-7-24(22)20-34/h3-13,21H,14-20H2,1-2H3. The van der Waals surface area contributed by atoms with E-state index >= 15 is 0 Å². The number of hydrogen-bond acceptors (Lipinski definition) is 6. The Bertz CT molecular complexity index is 1620. The summed E-state index contributed by atoms with van der Waals surface area (Å²) in [5, 5.41) is 1.00. The smallest absolute Gasteiger partial charge is 0.253 e. The largest absolute Gasteiger partial charge is 0.345 e. The van der Waals surface area contributed by atoms with Gasteiger partial charge in [-0.25, -0.2) is 13.4 Å². The third kappa shape index (κ3) is 4.95. The summed E-state index contributed by atoms with van der Waals surface area (Å²) in [6.45, 7) is 7.82. The van der Waals surface area contributed by atoms with Crippen LogP contribution in [0.15, 0.2) is 71.6 Å². The van der Waals surface area contributed by atoms with E-state index in [0.29, 0.717) is 57.2 Å². The maximum Gasteiger partial charge on any atom is 0.253 e. The second-order valence-corrected chi connectivity index (χ2v) is 13.5. The quantitative estimate of drug-likeness (QED) is 0.338. The average Bonchev–Trinajstić information content (AvgIpc) is 3.41. The number of carbonyl (C=O) groups is 1. The lowest BCUT2D eigenvalue weighted by atomic mass is 10.0. The van der Waals surface area contributed by atoms with Crippen LogP contribution in [0.25, 0.3) is 10.2 Å². The van der Waals surface area contributed by atoms with Crippen LogP contribution >= 0.6 is 11.3 Å². The molecule has 0 saturated carbocycles. The molecule has 0 spiro atoms. The number of benzene rings is 3. The van der Waals surface area contributed by atoms with E-state index in [1.807, 2.05) is 23.1 Å². The molecule has 0 bridgehead atoms. The first-order valence-electron chi connectivity index (χ1n) is 13.4. The Labute approximate surface area is 233 Å². The van der Waals surface area contributed by atoms with Gasteiger partial charge < -0.3 is 9.80 Å². The van der Waals surface area contributed by atoms with Crippen molar-refractivity contribution in [3.63, 3.8) is 0 Å². The van der Waals surface area contributed by atoms with Crippen LogP contribution in [0.2, 0.25) is 0 Å². The number of rotatable bonds is 5. The third-order valence-corrected chi connectivity index (χ3v) is 10.7. The Morgan fingerprint density at radius 3 is 2.31 bits per heavy atom. The van der Waals surface area contributed by atoms with Crippen molar-refractivity contribution < 1.29 is 13.2 Å². The van der Waals surface area contributed by atoms with Gasteiger partial charge >= 0.3 is 0 Å². The molecule has 1 fully saturated rings. The number of piperazine rings is 1. The molecule has 0 atom stereocenters. The van der Waals surface area contributed by atoms with E-state index < -0.39 is 10.0 Å². The van der Waals surface area contributed by atoms with Crippen molar-refractivity contribution in [2.24, 2.45) is 0 Å². The Kier molecular flexibility index (Phi) is 6.91. The molecule has 2 aliphatic rings. The molecule has 1 aromatic heterocycles. The Balaban J connectivity index is 1.11. The molecular formula is C30H32N4O3S2. The summed E-state index contributed by atoms with van der Waals surface area (Å²) >= 11 is 1.70. The summed E-state index contributed by atoms with van der Waals surface area (Å²) < 4.78 is 29.3. The van der Waals surface area contributed by atoms with E-state index in [0.717, 1.165) is 16.2 Å². The highest BCUT2D eigenvalue weighted by Crippen LogP contribution is 2.34. The molecule has 7 nitrogen and oxygen atoms in total. The predicted octanol–water partition coefficient (Wildman–Crippen LogP) is 5.13. The zero-order valence-corrected chi connectivity index (χ0v) is 23.8. The first-order valence-corrected chi connectivity index (χ1v) is 15.7. The van der Waals surface area contributed by atoms with E-state index in [4.69, 9.17) is 4.98 Å². The highest BCUT2D eigenvalue weighted by molar-refractivity contribution is 7.89. The molecule has 39 heavy (non-hydrogen) atoms. The molecule has 1 amide bonds. The lowest BCUT2D eigenvalue weighted by Gasteiger charge is -2.34. The number of hydrogen-bond donors (Lipinski definition) is 0. The fourth-order valence-electron chi connectivity index (χ4n) is 5.44. The molecule has 0 unspecified atom stereocenters. The topological polar surface area (TPSA) is 73.8 Å². The highest BCUT2D eigenvalue weighted by atomic mass is 32.2. The molecule has 2 aliphatic heterocycles. The van der Waals surface area contributed by atoms with Gasteiger partial charge in [0.05, 0.1) is 15.1 Å².